The van der Waals surface area contributed by atoms with Gasteiger partial charge in [0.1, 0.15) is 0 Å². The van der Waals surface area contributed by atoms with Gasteiger partial charge >= 0.3 is 5.97 Å². The van der Waals surface area contributed by atoms with Crippen LogP contribution in [-0.2, 0) is 20.4 Å². The third kappa shape index (κ3) is 4.30. The molecule has 0 saturated heterocycles. The zero-order chi connectivity index (χ0) is 24.9. The first kappa shape index (κ1) is 24.5. The number of rotatable bonds is 8. The monoisotopic (exact) mass is 462 g/mol. The lowest BCUT2D eigenvalue weighted by atomic mass is 9.52. The number of benzene rings is 4. The molecule has 35 heavy (non-hydrogen) atoms. The van der Waals surface area contributed by atoms with Gasteiger partial charge in [-0.3, -0.25) is 4.79 Å². The van der Waals surface area contributed by atoms with Crippen LogP contribution in [-0.4, -0.2) is 13.1 Å². The fourth-order valence-electron chi connectivity index (χ4n) is 5.72. The van der Waals surface area contributed by atoms with Gasteiger partial charge in [0.15, 0.2) is 0 Å². The third-order valence-electron chi connectivity index (χ3n) is 7.97. The molecule has 4 rings (SSSR count). The molecule has 0 radical (unpaired) electrons. The molecule has 2 nitrogen and oxygen atoms in total. The minimum absolute atomic E-state index is 0.217. The lowest BCUT2D eigenvalue weighted by molar-refractivity contribution is -0.156. The average molecular weight is 463 g/mol. The van der Waals surface area contributed by atoms with Crippen molar-refractivity contribution in [3.8, 4) is 0 Å². The van der Waals surface area contributed by atoms with Crippen LogP contribution in [0.3, 0.4) is 0 Å². The maximum Gasteiger partial charge on any atom is 0.312 e. The lowest BCUT2D eigenvalue weighted by Crippen LogP contribution is -2.52. The molecule has 0 fully saturated rings. The van der Waals surface area contributed by atoms with E-state index in [9.17, 15) is 4.79 Å². The molecule has 1 atom stereocenters. The van der Waals surface area contributed by atoms with Gasteiger partial charge in [0, 0.05) is 10.8 Å². The number of ether oxygens (including phenoxy) is 1. The van der Waals surface area contributed by atoms with Crippen LogP contribution in [0, 0.1) is 5.41 Å². The molecule has 0 spiro atoms. The van der Waals surface area contributed by atoms with Crippen molar-refractivity contribution in [1.29, 1.82) is 0 Å². The maximum absolute atomic E-state index is 13.9. The highest BCUT2D eigenvalue weighted by molar-refractivity contribution is 5.80. The van der Waals surface area contributed by atoms with E-state index in [-0.39, 0.29) is 5.97 Å². The summed E-state index contributed by atoms with van der Waals surface area (Å²) in [5, 5.41) is 0. The van der Waals surface area contributed by atoms with Gasteiger partial charge < -0.3 is 4.74 Å². The van der Waals surface area contributed by atoms with Crippen LogP contribution >= 0.6 is 0 Å². The van der Waals surface area contributed by atoms with E-state index in [1.165, 1.54) is 18.2 Å². The summed E-state index contributed by atoms with van der Waals surface area (Å²) in [4.78, 5) is 13.9. The van der Waals surface area contributed by atoms with Crippen LogP contribution in [0.1, 0.15) is 49.4 Å². The highest BCUT2D eigenvalue weighted by Crippen LogP contribution is 2.55. The lowest BCUT2D eigenvalue weighted by Gasteiger charge is -2.49. The Morgan fingerprint density at radius 3 is 1.20 bits per heavy atom. The number of hydrogen-bond donors (Lipinski definition) is 0. The van der Waals surface area contributed by atoms with Crippen molar-refractivity contribution < 1.29 is 9.53 Å². The van der Waals surface area contributed by atoms with Gasteiger partial charge in [-0.05, 0) is 35.6 Å². The first-order valence-electron chi connectivity index (χ1n) is 12.2. The van der Waals surface area contributed by atoms with Crippen molar-refractivity contribution in [2.24, 2.45) is 5.41 Å². The average Bonchev–Trinajstić information content (AvgIpc) is 2.93. The first-order valence-corrected chi connectivity index (χ1v) is 12.2. The molecular weight excluding hydrogens is 428 g/mol. The molecule has 0 amide bonds. The van der Waals surface area contributed by atoms with E-state index in [0.29, 0.717) is 6.42 Å². The molecule has 2 heteroatoms. The summed E-state index contributed by atoms with van der Waals surface area (Å²) >= 11 is 0. The van der Waals surface area contributed by atoms with E-state index < -0.39 is 16.2 Å². The summed E-state index contributed by atoms with van der Waals surface area (Å²) in [5.74, 6) is -0.217. The van der Waals surface area contributed by atoms with Crippen molar-refractivity contribution in [2.75, 3.05) is 7.11 Å². The number of hydrogen-bond acceptors (Lipinski definition) is 2. The zero-order valence-electron chi connectivity index (χ0n) is 21.1. The third-order valence-corrected chi connectivity index (χ3v) is 7.97. The zero-order valence-corrected chi connectivity index (χ0v) is 21.1. The van der Waals surface area contributed by atoms with E-state index in [1.807, 2.05) is 48.5 Å². The number of carbonyl (C=O) groups is 1. The maximum atomic E-state index is 13.9. The number of esters is 1. The predicted molar refractivity (Wildman–Crippen MR) is 143 cm³/mol. The summed E-state index contributed by atoms with van der Waals surface area (Å²) in [7, 11) is 1.50. The van der Waals surface area contributed by atoms with E-state index in [2.05, 4.69) is 93.6 Å². The molecule has 0 bridgehead atoms. The van der Waals surface area contributed by atoms with Gasteiger partial charge in [-0.25, -0.2) is 0 Å². The molecule has 0 aliphatic heterocycles. The van der Waals surface area contributed by atoms with Crippen molar-refractivity contribution in [3.63, 3.8) is 0 Å². The van der Waals surface area contributed by atoms with E-state index in [1.54, 1.807) is 0 Å². The predicted octanol–water partition coefficient (Wildman–Crippen LogP) is 7.57. The molecule has 0 aromatic heterocycles. The topological polar surface area (TPSA) is 26.3 Å². The SMILES string of the molecule is COC(=O)C(C)(CC(C)(c1ccccc1)c1ccccc1)C(C)(c1ccccc1)c1ccccc1. The Labute approximate surface area is 209 Å². The fourth-order valence-corrected chi connectivity index (χ4v) is 5.72. The minimum Gasteiger partial charge on any atom is -0.469 e. The first-order chi connectivity index (χ1) is 16.9. The summed E-state index contributed by atoms with van der Waals surface area (Å²) < 4.78 is 5.58. The normalized spacial score (nSPS) is 13.6. The summed E-state index contributed by atoms with van der Waals surface area (Å²) in [5.41, 5.74) is 2.54. The second kappa shape index (κ2) is 9.92. The number of methoxy groups -OCH3 is 1. The standard InChI is InChI=1S/C33H34O2/c1-31(26-17-9-5-10-18-26,27-19-11-6-12-20-27)25-32(2,30(34)35-4)33(3,28-21-13-7-14-22-28)29-23-15-8-16-24-29/h5-24H,25H2,1-4H3. The molecule has 178 valence electrons. The smallest absolute Gasteiger partial charge is 0.312 e. The summed E-state index contributed by atoms with van der Waals surface area (Å²) in [6, 6.07) is 41.7. The van der Waals surface area contributed by atoms with Gasteiger partial charge in [0.05, 0.1) is 12.5 Å². The van der Waals surface area contributed by atoms with E-state index >= 15 is 0 Å². The fraction of sp³-hybridized carbons (Fsp3) is 0.242. The Hall–Kier alpha value is -3.65. The second-order valence-corrected chi connectivity index (χ2v) is 9.92. The Morgan fingerprint density at radius 2 is 0.886 bits per heavy atom. The van der Waals surface area contributed by atoms with Crippen LogP contribution < -0.4 is 0 Å². The van der Waals surface area contributed by atoms with E-state index in [0.717, 1.165) is 11.1 Å². The molecule has 0 N–H and O–H groups in total. The van der Waals surface area contributed by atoms with Crippen LogP contribution in [0.15, 0.2) is 121 Å². The van der Waals surface area contributed by atoms with Gasteiger partial charge in [0.25, 0.3) is 0 Å². The molecular formula is C33H34O2. The molecule has 1 unspecified atom stereocenters. The van der Waals surface area contributed by atoms with Crippen LogP contribution in [0.2, 0.25) is 0 Å². The van der Waals surface area contributed by atoms with E-state index in [4.69, 9.17) is 4.74 Å². The molecule has 0 saturated carbocycles. The Kier molecular flexibility index (Phi) is 6.93. The van der Waals surface area contributed by atoms with Crippen molar-refractivity contribution in [1.82, 2.24) is 0 Å². The van der Waals surface area contributed by atoms with Crippen molar-refractivity contribution in [3.05, 3.63) is 144 Å². The molecule has 4 aromatic carbocycles. The summed E-state index contributed by atoms with van der Waals surface area (Å²) in [6.07, 6.45) is 0.557. The molecule has 4 aromatic rings. The van der Waals surface area contributed by atoms with Gasteiger partial charge in [-0.15, -0.1) is 0 Å². The van der Waals surface area contributed by atoms with Crippen LogP contribution in [0.5, 0.6) is 0 Å². The Morgan fingerprint density at radius 1 is 0.571 bits per heavy atom. The van der Waals surface area contributed by atoms with Crippen LogP contribution in [0.4, 0.5) is 0 Å². The quantitative estimate of drug-likeness (QED) is 0.252. The van der Waals surface area contributed by atoms with Crippen molar-refractivity contribution >= 4 is 5.97 Å². The minimum atomic E-state index is -0.898. The number of carbonyl (C=O) groups excluding carboxylic acids is 1. The molecule has 0 heterocycles. The molecule has 0 aliphatic carbocycles. The van der Waals surface area contributed by atoms with Crippen molar-refractivity contribution in [2.45, 2.75) is 38.0 Å². The largest absolute Gasteiger partial charge is 0.469 e. The van der Waals surface area contributed by atoms with Gasteiger partial charge in [-0.2, -0.15) is 0 Å². The highest BCUT2D eigenvalue weighted by atomic mass is 16.5. The van der Waals surface area contributed by atoms with Gasteiger partial charge in [-0.1, -0.05) is 135 Å². The van der Waals surface area contributed by atoms with Crippen LogP contribution in [0.25, 0.3) is 0 Å². The highest BCUT2D eigenvalue weighted by Gasteiger charge is 2.56. The summed E-state index contributed by atoms with van der Waals surface area (Å²) in [6.45, 7) is 6.50. The Bertz CT molecular complexity index is 1150. The van der Waals surface area contributed by atoms with Gasteiger partial charge in [0.2, 0.25) is 0 Å². The second-order valence-electron chi connectivity index (χ2n) is 9.92. The Balaban J connectivity index is 2.00. The molecule has 0 aliphatic rings.